The maximum absolute atomic E-state index is 5.76. The number of rotatable bonds is 4. The van der Waals surface area contributed by atoms with Gasteiger partial charge in [-0.25, -0.2) is 0 Å². The van der Waals surface area contributed by atoms with E-state index < -0.39 is 0 Å². The first-order chi connectivity index (χ1) is 6.31. The number of hydrogen-bond acceptors (Lipinski definition) is 2. The van der Waals surface area contributed by atoms with Gasteiger partial charge in [-0.3, -0.25) is 0 Å². The van der Waals surface area contributed by atoms with Gasteiger partial charge in [0.15, 0.2) is 0 Å². The summed E-state index contributed by atoms with van der Waals surface area (Å²) in [5.74, 6) is 0.890. The van der Waals surface area contributed by atoms with E-state index in [1.54, 1.807) is 0 Å². The van der Waals surface area contributed by atoms with Crippen molar-refractivity contribution in [3.63, 3.8) is 0 Å². The lowest BCUT2D eigenvalue weighted by Gasteiger charge is -2.35. The fourth-order valence-electron chi connectivity index (χ4n) is 2.31. The van der Waals surface area contributed by atoms with Crippen molar-refractivity contribution < 1.29 is 4.74 Å². The highest BCUT2D eigenvalue weighted by molar-refractivity contribution is 4.84. The molecule has 0 saturated heterocycles. The van der Waals surface area contributed by atoms with Crippen LogP contribution in [0.2, 0.25) is 0 Å². The molecule has 0 radical (unpaired) electrons. The number of likely N-dealkylation sites (N-methyl/N-ethyl adjacent to an activating group) is 1. The summed E-state index contributed by atoms with van der Waals surface area (Å²) in [6.07, 6.45) is 5.65. The van der Waals surface area contributed by atoms with Gasteiger partial charge in [0.2, 0.25) is 0 Å². The van der Waals surface area contributed by atoms with Gasteiger partial charge in [-0.1, -0.05) is 13.3 Å². The highest BCUT2D eigenvalue weighted by Crippen LogP contribution is 2.28. The maximum atomic E-state index is 5.76. The van der Waals surface area contributed by atoms with Gasteiger partial charge < -0.3 is 10.1 Å². The Labute approximate surface area is 82.0 Å². The van der Waals surface area contributed by atoms with Gasteiger partial charge in [0, 0.05) is 12.6 Å². The van der Waals surface area contributed by atoms with Crippen molar-refractivity contribution in [3.8, 4) is 0 Å². The van der Waals surface area contributed by atoms with Gasteiger partial charge in [0.25, 0.3) is 0 Å². The molecule has 2 heteroatoms. The Morgan fingerprint density at radius 2 is 2.08 bits per heavy atom. The summed E-state index contributed by atoms with van der Waals surface area (Å²) in [6.45, 7) is 5.22. The Kier molecular flexibility index (Phi) is 4.74. The minimum absolute atomic E-state index is 0.452. The number of hydrogen-bond donors (Lipinski definition) is 1. The van der Waals surface area contributed by atoms with Gasteiger partial charge in [-0.2, -0.15) is 0 Å². The third kappa shape index (κ3) is 2.96. The van der Waals surface area contributed by atoms with E-state index in [4.69, 9.17) is 4.74 Å². The molecule has 1 rings (SSSR count). The molecule has 3 atom stereocenters. The van der Waals surface area contributed by atoms with E-state index in [-0.39, 0.29) is 0 Å². The van der Waals surface area contributed by atoms with E-state index >= 15 is 0 Å². The van der Waals surface area contributed by atoms with E-state index in [1.165, 1.54) is 25.7 Å². The number of nitrogens with one attached hydrogen (secondary N) is 1. The summed E-state index contributed by atoms with van der Waals surface area (Å²) in [7, 11) is 2.04. The second-order valence-electron chi connectivity index (χ2n) is 3.98. The van der Waals surface area contributed by atoms with Crippen molar-refractivity contribution in [1.29, 1.82) is 0 Å². The summed E-state index contributed by atoms with van der Waals surface area (Å²) >= 11 is 0. The Hall–Kier alpha value is -0.0800. The zero-order valence-corrected chi connectivity index (χ0v) is 9.18. The highest BCUT2D eigenvalue weighted by atomic mass is 16.5. The van der Waals surface area contributed by atoms with Gasteiger partial charge in [-0.05, 0) is 39.2 Å². The van der Waals surface area contributed by atoms with E-state index in [0.29, 0.717) is 12.1 Å². The minimum atomic E-state index is 0.452. The van der Waals surface area contributed by atoms with Crippen molar-refractivity contribution in [2.24, 2.45) is 5.92 Å². The summed E-state index contributed by atoms with van der Waals surface area (Å²) in [6, 6.07) is 0.586. The number of ether oxygens (including phenoxy) is 1. The molecule has 78 valence electrons. The van der Waals surface area contributed by atoms with Crippen LogP contribution >= 0.6 is 0 Å². The molecule has 0 spiro atoms. The van der Waals surface area contributed by atoms with E-state index in [1.807, 2.05) is 7.05 Å². The minimum Gasteiger partial charge on any atom is -0.377 e. The Morgan fingerprint density at radius 1 is 1.31 bits per heavy atom. The van der Waals surface area contributed by atoms with Crippen LogP contribution < -0.4 is 5.32 Å². The molecule has 1 aliphatic carbocycles. The molecule has 0 aromatic heterocycles. The van der Waals surface area contributed by atoms with Crippen LogP contribution in [0.1, 0.15) is 39.5 Å². The molecule has 1 aliphatic rings. The maximum Gasteiger partial charge on any atom is 0.0730 e. The predicted octanol–water partition coefficient (Wildman–Crippen LogP) is 2.19. The van der Waals surface area contributed by atoms with E-state index in [9.17, 15) is 0 Å². The molecular weight excluding hydrogens is 162 g/mol. The topological polar surface area (TPSA) is 21.3 Å². The van der Waals surface area contributed by atoms with Gasteiger partial charge in [0.1, 0.15) is 0 Å². The van der Waals surface area contributed by atoms with Crippen molar-refractivity contribution >= 4 is 0 Å². The average molecular weight is 185 g/mol. The van der Waals surface area contributed by atoms with Gasteiger partial charge in [0.05, 0.1) is 6.10 Å². The third-order valence-corrected chi connectivity index (χ3v) is 3.23. The first-order valence-corrected chi connectivity index (χ1v) is 5.60. The fourth-order valence-corrected chi connectivity index (χ4v) is 2.31. The van der Waals surface area contributed by atoms with Crippen LogP contribution in [0.5, 0.6) is 0 Å². The predicted molar refractivity (Wildman–Crippen MR) is 55.9 cm³/mol. The molecule has 0 aromatic rings. The van der Waals surface area contributed by atoms with Crippen molar-refractivity contribution in [1.82, 2.24) is 5.32 Å². The molecule has 0 aromatic carbocycles. The van der Waals surface area contributed by atoms with Crippen LogP contribution in [-0.4, -0.2) is 25.8 Å². The molecule has 1 saturated carbocycles. The second-order valence-corrected chi connectivity index (χ2v) is 3.98. The Bertz CT molecular complexity index is 138. The van der Waals surface area contributed by atoms with Gasteiger partial charge >= 0.3 is 0 Å². The molecule has 2 nitrogen and oxygen atoms in total. The highest BCUT2D eigenvalue weighted by Gasteiger charge is 2.28. The molecule has 0 amide bonds. The summed E-state index contributed by atoms with van der Waals surface area (Å²) in [5.41, 5.74) is 0. The Balaban J connectivity index is 2.42. The molecule has 0 bridgehead atoms. The van der Waals surface area contributed by atoms with Crippen LogP contribution in [0, 0.1) is 5.92 Å². The monoisotopic (exact) mass is 185 g/mol. The molecule has 3 unspecified atom stereocenters. The standard InChI is InChI=1S/C11H23NO/c1-4-9-6-7-10(12-3)11(8-9)13-5-2/h9-12H,4-8H2,1-3H3. The lowest BCUT2D eigenvalue weighted by molar-refractivity contribution is -0.00213. The zero-order valence-electron chi connectivity index (χ0n) is 9.18. The quantitative estimate of drug-likeness (QED) is 0.725. The van der Waals surface area contributed by atoms with E-state index in [2.05, 4.69) is 19.2 Å². The molecular formula is C11H23NO. The SMILES string of the molecule is CCOC1CC(CC)CCC1NC. The zero-order chi connectivity index (χ0) is 9.68. The Morgan fingerprint density at radius 3 is 2.62 bits per heavy atom. The van der Waals surface area contributed by atoms with E-state index in [0.717, 1.165) is 12.5 Å². The van der Waals surface area contributed by atoms with Crippen molar-refractivity contribution in [2.75, 3.05) is 13.7 Å². The molecule has 1 fully saturated rings. The van der Waals surface area contributed by atoms with Crippen molar-refractivity contribution in [3.05, 3.63) is 0 Å². The molecule has 0 heterocycles. The van der Waals surface area contributed by atoms with Crippen LogP contribution in [0.25, 0.3) is 0 Å². The first kappa shape index (κ1) is 11.0. The summed E-state index contributed by atoms with van der Waals surface area (Å²) in [5, 5.41) is 3.36. The average Bonchev–Trinajstić information content (AvgIpc) is 2.18. The largest absolute Gasteiger partial charge is 0.377 e. The van der Waals surface area contributed by atoms with Crippen LogP contribution in [-0.2, 0) is 4.74 Å². The summed E-state index contributed by atoms with van der Waals surface area (Å²) in [4.78, 5) is 0. The lowest BCUT2D eigenvalue weighted by Crippen LogP contribution is -2.44. The normalized spacial score (nSPS) is 34.8. The first-order valence-electron chi connectivity index (χ1n) is 5.60. The van der Waals surface area contributed by atoms with Crippen molar-refractivity contribution in [2.45, 2.75) is 51.7 Å². The molecule has 1 N–H and O–H groups in total. The lowest BCUT2D eigenvalue weighted by atomic mass is 9.82. The molecule has 0 aliphatic heterocycles. The second kappa shape index (κ2) is 5.61. The van der Waals surface area contributed by atoms with Crippen LogP contribution in [0.4, 0.5) is 0 Å². The molecule has 13 heavy (non-hydrogen) atoms. The fraction of sp³-hybridized carbons (Fsp3) is 1.00. The van der Waals surface area contributed by atoms with Crippen LogP contribution in [0.15, 0.2) is 0 Å². The van der Waals surface area contributed by atoms with Gasteiger partial charge in [-0.15, -0.1) is 0 Å². The smallest absolute Gasteiger partial charge is 0.0730 e. The summed E-state index contributed by atoms with van der Waals surface area (Å²) < 4.78 is 5.76. The van der Waals surface area contributed by atoms with Crippen LogP contribution in [0.3, 0.4) is 0 Å². The third-order valence-electron chi connectivity index (χ3n) is 3.23.